The van der Waals surface area contributed by atoms with Crippen LogP contribution < -0.4 is 5.32 Å². The van der Waals surface area contributed by atoms with Crippen molar-refractivity contribution in [1.29, 1.82) is 0 Å². The third kappa shape index (κ3) is 3.96. The van der Waals surface area contributed by atoms with Crippen LogP contribution in [0.3, 0.4) is 0 Å². The normalized spacial score (nSPS) is 22.9. The molecule has 1 aliphatic rings. The van der Waals surface area contributed by atoms with Crippen molar-refractivity contribution in [2.24, 2.45) is 5.92 Å². The molecule has 4 nitrogen and oxygen atoms in total. The van der Waals surface area contributed by atoms with Gasteiger partial charge < -0.3 is 10.4 Å². The van der Waals surface area contributed by atoms with Crippen molar-refractivity contribution in [2.45, 2.75) is 43.6 Å². The van der Waals surface area contributed by atoms with Crippen molar-refractivity contribution in [2.75, 3.05) is 17.6 Å². The lowest BCUT2D eigenvalue weighted by atomic mass is 10.1. The van der Waals surface area contributed by atoms with Gasteiger partial charge in [-0.3, -0.25) is 0 Å². The first-order valence-electron chi connectivity index (χ1n) is 7.26. The molecule has 2 atom stereocenters. The van der Waals surface area contributed by atoms with Crippen LogP contribution in [0.1, 0.15) is 32.6 Å². The molecule has 5 heteroatoms. The van der Waals surface area contributed by atoms with E-state index in [9.17, 15) is 13.5 Å². The fourth-order valence-electron chi connectivity index (χ4n) is 2.66. The highest BCUT2D eigenvalue weighted by Gasteiger charge is 2.22. The van der Waals surface area contributed by atoms with Gasteiger partial charge >= 0.3 is 0 Å². The highest BCUT2D eigenvalue weighted by molar-refractivity contribution is 7.91. The molecule has 0 aromatic heterocycles. The van der Waals surface area contributed by atoms with E-state index in [1.54, 1.807) is 12.1 Å². The highest BCUT2D eigenvalue weighted by atomic mass is 32.2. The van der Waals surface area contributed by atoms with Gasteiger partial charge in [0.2, 0.25) is 0 Å². The van der Waals surface area contributed by atoms with Crippen LogP contribution in [-0.2, 0) is 9.84 Å². The second kappa shape index (κ2) is 6.59. The Labute approximate surface area is 121 Å². The van der Waals surface area contributed by atoms with Gasteiger partial charge in [0.05, 0.1) is 16.8 Å². The molecule has 1 fully saturated rings. The minimum absolute atomic E-state index is 0.150. The zero-order valence-electron chi connectivity index (χ0n) is 11.9. The maximum Gasteiger partial charge on any atom is 0.178 e. The Kier molecular flexibility index (Phi) is 5.05. The summed E-state index contributed by atoms with van der Waals surface area (Å²) in [7, 11) is -3.13. The van der Waals surface area contributed by atoms with Crippen molar-refractivity contribution < 1.29 is 13.5 Å². The molecular formula is C15H23NO3S. The third-order valence-corrected chi connectivity index (χ3v) is 5.73. The van der Waals surface area contributed by atoms with Crippen LogP contribution >= 0.6 is 0 Å². The lowest BCUT2D eigenvalue weighted by molar-refractivity contribution is 0.178. The van der Waals surface area contributed by atoms with E-state index in [0.717, 1.165) is 31.5 Å². The molecule has 1 aliphatic carbocycles. The Balaban J connectivity index is 1.92. The quantitative estimate of drug-likeness (QED) is 0.846. The lowest BCUT2D eigenvalue weighted by Crippen LogP contribution is -2.12. The molecule has 2 rings (SSSR count). The summed E-state index contributed by atoms with van der Waals surface area (Å²) in [6, 6.07) is 6.95. The second-order valence-electron chi connectivity index (χ2n) is 5.56. The summed E-state index contributed by atoms with van der Waals surface area (Å²) in [5, 5.41) is 12.8. The molecular weight excluding hydrogens is 274 g/mol. The SMILES string of the molecule is CCCS(=O)(=O)c1ccc(NCC2CCC(O)C2)cc1. The van der Waals surface area contributed by atoms with Gasteiger partial charge in [-0.25, -0.2) is 8.42 Å². The first kappa shape index (κ1) is 15.3. The Bertz CT molecular complexity index is 525. The molecule has 112 valence electrons. The fourth-order valence-corrected chi connectivity index (χ4v) is 3.99. The molecule has 2 unspecified atom stereocenters. The largest absolute Gasteiger partial charge is 0.393 e. The maximum absolute atomic E-state index is 11.9. The third-order valence-electron chi connectivity index (χ3n) is 3.79. The van der Waals surface area contributed by atoms with E-state index < -0.39 is 9.84 Å². The fraction of sp³-hybridized carbons (Fsp3) is 0.600. The number of rotatable bonds is 6. The minimum Gasteiger partial charge on any atom is -0.393 e. The topological polar surface area (TPSA) is 66.4 Å². The molecule has 0 radical (unpaired) electrons. The number of nitrogens with one attached hydrogen (secondary N) is 1. The minimum atomic E-state index is -3.13. The number of sulfone groups is 1. The predicted molar refractivity (Wildman–Crippen MR) is 80.6 cm³/mol. The second-order valence-corrected chi connectivity index (χ2v) is 7.67. The number of aliphatic hydroxyl groups excluding tert-OH is 1. The molecule has 1 saturated carbocycles. The van der Waals surface area contributed by atoms with E-state index in [1.165, 1.54) is 0 Å². The average molecular weight is 297 g/mol. The van der Waals surface area contributed by atoms with E-state index in [1.807, 2.05) is 19.1 Å². The van der Waals surface area contributed by atoms with Crippen molar-refractivity contribution in [3.8, 4) is 0 Å². The van der Waals surface area contributed by atoms with E-state index in [4.69, 9.17) is 0 Å². The van der Waals surface area contributed by atoms with Crippen molar-refractivity contribution in [1.82, 2.24) is 0 Å². The zero-order valence-corrected chi connectivity index (χ0v) is 12.7. The van der Waals surface area contributed by atoms with Gasteiger partial charge in [-0.1, -0.05) is 6.92 Å². The van der Waals surface area contributed by atoms with Crippen molar-refractivity contribution >= 4 is 15.5 Å². The Hall–Kier alpha value is -1.07. The van der Waals surface area contributed by atoms with Gasteiger partial charge in [-0.2, -0.15) is 0 Å². The van der Waals surface area contributed by atoms with Crippen molar-refractivity contribution in [3.63, 3.8) is 0 Å². The number of anilines is 1. The summed E-state index contributed by atoms with van der Waals surface area (Å²) >= 11 is 0. The number of benzene rings is 1. The van der Waals surface area contributed by atoms with Crippen LogP contribution in [0.4, 0.5) is 5.69 Å². The Morgan fingerprint density at radius 2 is 1.95 bits per heavy atom. The van der Waals surface area contributed by atoms with Crippen molar-refractivity contribution in [3.05, 3.63) is 24.3 Å². The summed E-state index contributed by atoms with van der Waals surface area (Å²) in [6.45, 7) is 2.70. The average Bonchev–Trinajstić information content (AvgIpc) is 2.83. The molecule has 1 aromatic rings. The molecule has 0 bridgehead atoms. The molecule has 0 aliphatic heterocycles. The smallest absolute Gasteiger partial charge is 0.178 e. The van der Waals surface area contributed by atoms with E-state index in [0.29, 0.717) is 17.2 Å². The summed E-state index contributed by atoms with van der Waals surface area (Å²) in [5.41, 5.74) is 0.932. The van der Waals surface area contributed by atoms with E-state index in [-0.39, 0.29) is 11.9 Å². The molecule has 1 aromatic carbocycles. The zero-order chi connectivity index (χ0) is 14.6. The van der Waals surface area contributed by atoms with E-state index in [2.05, 4.69) is 5.32 Å². The van der Waals surface area contributed by atoms with Crippen LogP contribution in [-0.4, -0.2) is 31.9 Å². The molecule has 0 saturated heterocycles. The summed E-state index contributed by atoms with van der Waals surface area (Å²) < 4.78 is 23.8. The first-order valence-corrected chi connectivity index (χ1v) is 8.91. The Morgan fingerprint density at radius 3 is 2.50 bits per heavy atom. The highest BCUT2D eigenvalue weighted by Crippen LogP contribution is 2.26. The monoisotopic (exact) mass is 297 g/mol. The standard InChI is InChI=1S/C15H23NO3S/c1-2-9-20(18,19)15-7-4-13(5-8-15)16-11-12-3-6-14(17)10-12/h4-5,7-8,12,14,16-17H,2-3,6,9-11H2,1H3. The van der Waals surface area contributed by atoms with Gasteiger partial charge in [-0.15, -0.1) is 0 Å². The predicted octanol–water partition coefficient (Wildman–Crippen LogP) is 2.44. The van der Waals surface area contributed by atoms with Crippen LogP contribution in [0.25, 0.3) is 0 Å². The van der Waals surface area contributed by atoms with Crippen LogP contribution in [0.15, 0.2) is 29.2 Å². The maximum atomic E-state index is 11.9. The number of aliphatic hydroxyl groups is 1. The van der Waals surface area contributed by atoms with Gasteiger partial charge in [-0.05, 0) is 55.9 Å². The molecule has 0 spiro atoms. The first-order chi connectivity index (χ1) is 9.51. The summed E-state index contributed by atoms with van der Waals surface area (Å²) in [5.74, 6) is 0.702. The van der Waals surface area contributed by atoms with Gasteiger partial charge in [0.1, 0.15) is 0 Å². The molecule has 0 amide bonds. The van der Waals surface area contributed by atoms with E-state index >= 15 is 0 Å². The van der Waals surface area contributed by atoms with Crippen LogP contribution in [0, 0.1) is 5.92 Å². The number of hydrogen-bond donors (Lipinski definition) is 2. The summed E-state index contributed by atoms with van der Waals surface area (Å²) in [4.78, 5) is 0.390. The Morgan fingerprint density at radius 1 is 1.25 bits per heavy atom. The van der Waals surface area contributed by atoms with Crippen LogP contribution in [0.2, 0.25) is 0 Å². The van der Waals surface area contributed by atoms with Gasteiger partial charge in [0.25, 0.3) is 0 Å². The van der Waals surface area contributed by atoms with Gasteiger partial charge in [0.15, 0.2) is 9.84 Å². The molecule has 20 heavy (non-hydrogen) atoms. The molecule has 2 N–H and O–H groups in total. The van der Waals surface area contributed by atoms with Crippen LogP contribution in [0.5, 0.6) is 0 Å². The number of hydrogen-bond acceptors (Lipinski definition) is 4. The van der Waals surface area contributed by atoms with Gasteiger partial charge in [0, 0.05) is 12.2 Å². The summed E-state index contributed by atoms with van der Waals surface area (Å²) in [6.07, 6.45) is 3.28. The molecule has 0 heterocycles. The lowest BCUT2D eigenvalue weighted by Gasteiger charge is -2.12.